The van der Waals surface area contributed by atoms with Crippen LogP contribution < -0.4 is 5.32 Å². The van der Waals surface area contributed by atoms with Gasteiger partial charge in [0.25, 0.3) is 0 Å². The van der Waals surface area contributed by atoms with Crippen molar-refractivity contribution in [3.63, 3.8) is 0 Å². The lowest BCUT2D eigenvalue weighted by atomic mass is 9.85. The Morgan fingerprint density at radius 1 is 1.23 bits per heavy atom. The molecule has 6 heteroatoms. The highest BCUT2D eigenvalue weighted by Gasteiger charge is 2.28. The third-order valence-electron chi connectivity index (χ3n) is 5.01. The highest BCUT2D eigenvalue weighted by atomic mass is 16.5. The number of hydrogen-bond acceptors (Lipinski definition) is 3. The van der Waals surface area contributed by atoms with E-state index in [1.165, 1.54) is 12.8 Å². The largest absolute Gasteiger partial charge is 0.481 e. The van der Waals surface area contributed by atoms with Gasteiger partial charge in [-0.05, 0) is 50.9 Å². The Bertz CT molecular complexity index is 380. The van der Waals surface area contributed by atoms with Crippen molar-refractivity contribution < 1.29 is 19.4 Å². The van der Waals surface area contributed by atoms with Crippen LogP contribution in [0.5, 0.6) is 0 Å². The van der Waals surface area contributed by atoms with E-state index in [1.54, 1.807) is 12.0 Å². The van der Waals surface area contributed by atoms with Crippen LogP contribution in [0.3, 0.4) is 0 Å². The second kappa shape index (κ2) is 8.36. The third-order valence-corrected chi connectivity index (χ3v) is 5.01. The third kappa shape index (κ3) is 4.87. The second-order valence-electron chi connectivity index (χ2n) is 6.52. The number of amides is 2. The van der Waals surface area contributed by atoms with E-state index in [1.807, 2.05) is 0 Å². The van der Waals surface area contributed by atoms with Gasteiger partial charge in [-0.3, -0.25) is 4.79 Å². The zero-order valence-corrected chi connectivity index (χ0v) is 13.4. The zero-order valence-electron chi connectivity index (χ0n) is 13.4. The Morgan fingerprint density at radius 2 is 1.95 bits per heavy atom. The van der Waals surface area contributed by atoms with Crippen molar-refractivity contribution in [1.29, 1.82) is 0 Å². The Balaban J connectivity index is 1.64. The fourth-order valence-electron chi connectivity index (χ4n) is 3.51. The molecule has 1 saturated carbocycles. The number of piperidine rings is 1. The maximum atomic E-state index is 12.1. The van der Waals surface area contributed by atoms with Crippen LogP contribution in [0.25, 0.3) is 0 Å². The number of aliphatic carboxylic acids is 1. The molecule has 0 spiro atoms. The van der Waals surface area contributed by atoms with Crippen molar-refractivity contribution >= 4 is 12.0 Å². The molecular formula is C16H28N2O4. The highest BCUT2D eigenvalue weighted by molar-refractivity contribution is 5.76. The highest BCUT2D eigenvalue weighted by Crippen LogP contribution is 2.27. The first-order valence-electron chi connectivity index (χ1n) is 8.38. The summed E-state index contributed by atoms with van der Waals surface area (Å²) in [6.45, 7) is 1.67. The van der Waals surface area contributed by atoms with E-state index in [0.717, 1.165) is 25.7 Å². The van der Waals surface area contributed by atoms with E-state index in [9.17, 15) is 9.59 Å². The molecule has 1 unspecified atom stereocenters. The maximum absolute atomic E-state index is 12.1. The smallest absolute Gasteiger partial charge is 0.317 e. The van der Waals surface area contributed by atoms with Crippen molar-refractivity contribution in [1.82, 2.24) is 10.2 Å². The average Bonchev–Trinajstić information content (AvgIpc) is 2.55. The van der Waals surface area contributed by atoms with Gasteiger partial charge in [0.2, 0.25) is 0 Å². The lowest BCUT2D eigenvalue weighted by molar-refractivity contribution is -0.143. The number of ether oxygens (including phenoxy) is 1. The number of methoxy groups -OCH3 is 1. The standard InChI is InChI=1S/C16H28N2O4/c1-22-14-6-4-12(5-7-14)8-9-17-16(21)18-10-2-3-13(11-18)15(19)20/h12-14H,2-11H2,1H3,(H,17,21)(H,19,20). The van der Waals surface area contributed by atoms with Crippen LogP contribution in [-0.2, 0) is 9.53 Å². The quantitative estimate of drug-likeness (QED) is 0.815. The number of carboxylic acid groups (broad SMARTS) is 1. The Morgan fingerprint density at radius 3 is 2.59 bits per heavy atom. The first kappa shape index (κ1) is 17.1. The summed E-state index contributed by atoms with van der Waals surface area (Å²) in [5.74, 6) is -0.545. The molecule has 0 aromatic carbocycles. The van der Waals surface area contributed by atoms with Crippen LogP contribution in [0.1, 0.15) is 44.9 Å². The van der Waals surface area contributed by atoms with E-state index in [4.69, 9.17) is 9.84 Å². The maximum Gasteiger partial charge on any atom is 0.317 e. The first-order chi connectivity index (χ1) is 10.6. The molecule has 2 N–H and O–H groups in total. The second-order valence-corrected chi connectivity index (χ2v) is 6.52. The first-order valence-corrected chi connectivity index (χ1v) is 8.38. The molecule has 2 fully saturated rings. The molecule has 1 aliphatic heterocycles. The van der Waals surface area contributed by atoms with E-state index in [0.29, 0.717) is 38.1 Å². The summed E-state index contributed by atoms with van der Waals surface area (Å²) in [5.41, 5.74) is 0. The number of rotatable bonds is 5. The van der Waals surface area contributed by atoms with Crippen LogP contribution in [0.4, 0.5) is 4.79 Å². The molecule has 0 aromatic heterocycles. The lowest BCUT2D eigenvalue weighted by Gasteiger charge is -2.31. The summed E-state index contributed by atoms with van der Waals surface area (Å²) in [6, 6.07) is -0.114. The molecule has 6 nitrogen and oxygen atoms in total. The monoisotopic (exact) mass is 312 g/mol. The van der Waals surface area contributed by atoms with Gasteiger partial charge in [0, 0.05) is 26.7 Å². The minimum Gasteiger partial charge on any atom is -0.481 e. The van der Waals surface area contributed by atoms with E-state index in [-0.39, 0.29) is 6.03 Å². The molecule has 0 bridgehead atoms. The fraction of sp³-hybridized carbons (Fsp3) is 0.875. The van der Waals surface area contributed by atoms with Gasteiger partial charge in [0.05, 0.1) is 12.0 Å². The number of nitrogens with zero attached hydrogens (tertiary/aromatic N) is 1. The molecule has 2 aliphatic rings. The predicted molar refractivity (Wildman–Crippen MR) is 82.7 cm³/mol. The predicted octanol–water partition coefficient (Wildman–Crippen LogP) is 2.09. The molecule has 0 aromatic rings. The molecule has 1 saturated heterocycles. The van der Waals surface area contributed by atoms with Gasteiger partial charge < -0.3 is 20.1 Å². The molecule has 2 rings (SSSR count). The van der Waals surface area contributed by atoms with Gasteiger partial charge in [-0.25, -0.2) is 4.79 Å². The SMILES string of the molecule is COC1CCC(CCNC(=O)N2CCCC(C(=O)O)C2)CC1. The van der Waals surface area contributed by atoms with Crippen LogP contribution in [0.15, 0.2) is 0 Å². The topological polar surface area (TPSA) is 78.9 Å². The number of hydrogen-bond donors (Lipinski definition) is 2. The van der Waals surface area contributed by atoms with Crippen LogP contribution in [0.2, 0.25) is 0 Å². The van der Waals surface area contributed by atoms with E-state index < -0.39 is 11.9 Å². The van der Waals surface area contributed by atoms with Gasteiger partial charge in [-0.2, -0.15) is 0 Å². The van der Waals surface area contributed by atoms with Gasteiger partial charge in [0.1, 0.15) is 0 Å². The Labute approximate surface area is 132 Å². The fourth-order valence-corrected chi connectivity index (χ4v) is 3.51. The van der Waals surface area contributed by atoms with Crippen LogP contribution in [0, 0.1) is 11.8 Å². The van der Waals surface area contributed by atoms with E-state index >= 15 is 0 Å². The molecule has 2 amide bonds. The number of carbonyl (C=O) groups is 2. The summed E-state index contributed by atoms with van der Waals surface area (Å²) in [4.78, 5) is 24.8. The minimum absolute atomic E-state index is 0.114. The number of nitrogens with one attached hydrogen (secondary N) is 1. The number of urea groups is 1. The molecule has 22 heavy (non-hydrogen) atoms. The van der Waals surface area contributed by atoms with E-state index in [2.05, 4.69) is 5.32 Å². The number of likely N-dealkylation sites (tertiary alicyclic amines) is 1. The van der Waals surface area contributed by atoms with Gasteiger partial charge in [-0.1, -0.05) is 0 Å². The summed E-state index contributed by atoms with van der Waals surface area (Å²) < 4.78 is 5.37. The summed E-state index contributed by atoms with van der Waals surface area (Å²) in [7, 11) is 1.77. The summed E-state index contributed by atoms with van der Waals surface area (Å²) >= 11 is 0. The molecule has 1 atom stereocenters. The van der Waals surface area contributed by atoms with Gasteiger partial charge >= 0.3 is 12.0 Å². The molecule has 1 aliphatic carbocycles. The number of carbonyl (C=O) groups excluding carboxylic acids is 1. The normalized spacial score (nSPS) is 29.1. The van der Waals surface area contributed by atoms with Gasteiger partial charge in [0.15, 0.2) is 0 Å². The molecule has 126 valence electrons. The van der Waals surface area contributed by atoms with Gasteiger partial charge in [-0.15, -0.1) is 0 Å². The zero-order chi connectivity index (χ0) is 15.9. The lowest BCUT2D eigenvalue weighted by Crippen LogP contribution is -2.47. The minimum atomic E-state index is -0.799. The average molecular weight is 312 g/mol. The van der Waals surface area contributed by atoms with Crippen molar-refractivity contribution in [2.75, 3.05) is 26.7 Å². The molecular weight excluding hydrogens is 284 g/mol. The van der Waals surface area contributed by atoms with Crippen molar-refractivity contribution in [3.8, 4) is 0 Å². The van der Waals surface area contributed by atoms with Crippen molar-refractivity contribution in [2.45, 2.75) is 51.0 Å². The molecule has 0 radical (unpaired) electrons. The summed E-state index contributed by atoms with van der Waals surface area (Å²) in [6.07, 6.45) is 7.40. The van der Waals surface area contributed by atoms with Crippen LogP contribution in [-0.4, -0.2) is 54.9 Å². The molecule has 1 heterocycles. The Hall–Kier alpha value is -1.30. The van der Waals surface area contributed by atoms with Crippen LogP contribution >= 0.6 is 0 Å². The summed E-state index contributed by atoms with van der Waals surface area (Å²) in [5, 5.41) is 12.0. The number of carboxylic acids is 1. The van der Waals surface area contributed by atoms with Crippen molar-refractivity contribution in [3.05, 3.63) is 0 Å². The van der Waals surface area contributed by atoms with Crippen molar-refractivity contribution in [2.24, 2.45) is 11.8 Å². The Kier molecular flexibility index (Phi) is 6.49.